The Morgan fingerprint density at radius 1 is 0.941 bits per heavy atom. The molecule has 0 bridgehead atoms. The van der Waals surface area contributed by atoms with Gasteiger partial charge in [0, 0.05) is 28.3 Å². The highest BCUT2D eigenvalue weighted by molar-refractivity contribution is 7.98. The summed E-state index contributed by atoms with van der Waals surface area (Å²) in [6.45, 7) is 8.01. The average Bonchev–Trinajstić information content (AvgIpc) is 2.87. The zero-order valence-electron chi connectivity index (χ0n) is 20.4. The lowest BCUT2D eigenvalue weighted by atomic mass is 9.87. The van der Waals surface area contributed by atoms with Crippen LogP contribution >= 0.6 is 11.8 Å². The maximum atomic E-state index is 4.64. The van der Waals surface area contributed by atoms with E-state index in [9.17, 15) is 0 Å². The highest BCUT2D eigenvalue weighted by Gasteiger charge is 2.22. The van der Waals surface area contributed by atoms with Crippen molar-refractivity contribution in [3.05, 3.63) is 107 Å². The molecule has 34 heavy (non-hydrogen) atoms. The first-order valence-electron chi connectivity index (χ1n) is 12.5. The van der Waals surface area contributed by atoms with E-state index in [1.165, 1.54) is 38.1 Å². The number of rotatable bonds is 7. The van der Waals surface area contributed by atoms with Gasteiger partial charge in [-0.05, 0) is 83.3 Å². The zero-order valence-corrected chi connectivity index (χ0v) is 21.2. The van der Waals surface area contributed by atoms with Gasteiger partial charge in [-0.25, -0.2) is 0 Å². The molecule has 1 aromatic heterocycles. The Hall–Kier alpha value is -2.62. The molecule has 0 aliphatic carbocycles. The largest absolute Gasteiger partial charge is 0.309 e. The number of nitrogens with zero attached hydrogens (tertiary/aromatic N) is 1. The second-order valence-electron chi connectivity index (χ2n) is 9.96. The van der Waals surface area contributed by atoms with Gasteiger partial charge in [0.1, 0.15) is 0 Å². The lowest BCUT2D eigenvalue weighted by Gasteiger charge is -2.30. The Labute approximate surface area is 208 Å². The van der Waals surface area contributed by atoms with Gasteiger partial charge in [-0.3, -0.25) is 4.98 Å². The summed E-state index contributed by atoms with van der Waals surface area (Å²) in [5, 5.41) is 4.93. The quantitative estimate of drug-likeness (QED) is 0.282. The second-order valence-corrected chi connectivity index (χ2v) is 11.0. The fourth-order valence-corrected chi connectivity index (χ4v) is 5.88. The predicted octanol–water partition coefficient (Wildman–Crippen LogP) is 7.72. The van der Waals surface area contributed by atoms with Crippen LogP contribution < -0.4 is 5.32 Å². The second kappa shape index (κ2) is 10.3. The molecule has 3 heteroatoms. The number of para-hydroxylation sites is 1. The number of benzene rings is 3. The number of fused-ring (bicyclic) bond motifs is 2. The van der Waals surface area contributed by atoms with Crippen LogP contribution in [0, 0.1) is 5.92 Å². The van der Waals surface area contributed by atoms with Crippen molar-refractivity contribution in [1.82, 2.24) is 10.3 Å². The molecule has 4 aromatic rings. The number of nitrogens with one attached hydrogen (secondary N) is 1. The molecular formula is C31H34N2S. The van der Waals surface area contributed by atoms with Crippen LogP contribution in [-0.4, -0.2) is 11.5 Å². The molecule has 0 amide bonds. The van der Waals surface area contributed by atoms with Gasteiger partial charge < -0.3 is 5.32 Å². The number of pyridine rings is 1. The maximum Gasteiger partial charge on any atom is 0.0702 e. The third kappa shape index (κ3) is 5.21. The molecule has 3 aromatic carbocycles. The molecular weight excluding hydrogens is 432 g/mol. The molecule has 2 nitrogen and oxygen atoms in total. The van der Waals surface area contributed by atoms with Crippen LogP contribution in [0.1, 0.15) is 60.5 Å². The van der Waals surface area contributed by atoms with E-state index >= 15 is 0 Å². The minimum absolute atomic E-state index is 0.439. The van der Waals surface area contributed by atoms with Gasteiger partial charge in [0.25, 0.3) is 0 Å². The summed E-state index contributed by atoms with van der Waals surface area (Å²) in [5.74, 6) is 2.06. The van der Waals surface area contributed by atoms with Gasteiger partial charge in [-0.15, -0.1) is 11.8 Å². The zero-order chi connectivity index (χ0) is 23.5. The topological polar surface area (TPSA) is 24.9 Å². The van der Waals surface area contributed by atoms with Crippen LogP contribution in [0.2, 0.25) is 0 Å². The summed E-state index contributed by atoms with van der Waals surface area (Å²) < 4.78 is 0. The van der Waals surface area contributed by atoms with Crippen molar-refractivity contribution >= 4 is 22.7 Å². The van der Waals surface area contributed by atoms with Crippen LogP contribution in [0.3, 0.4) is 0 Å². The molecule has 0 saturated heterocycles. The predicted molar refractivity (Wildman–Crippen MR) is 146 cm³/mol. The molecule has 2 atom stereocenters. The SMILES string of the molecule is CC(Cc1ccc(SCc2ccc3c(c2)C(C(C)C)NCC3)cc1)c1cnc2ccccc2c1. The molecule has 2 unspecified atom stereocenters. The molecule has 0 spiro atoms. The van der Waals surface area contributed by atoms with Crippen molar-refractivity contribution in [2.24, 2.45) is 5.92 Å². The van der Waals surface area contributed by atoms with E-state index in [1.54, 1.807) is 0 Å². The number of hydrogen-bond acceptors (Lipinski definition) is 3. The van der Waals surface area contributed by atoms with Crippen LogP contribution in [0.25, 0.3) is 10.9 Å². The molecule has 0 saturated carbocycles. The van der Waals surface area contributed by atoms with E-state index in [0.717, 1.165) is 30.7 Å². The van der Waals surface area contributed by atoms with Crippen molar-refractivity contribution in [3.8, 4) is 0 Å². The molecule has 1 aliphatic rings. The first-order chi connectivity index (χ1) is 16.6. The summed E-state index contributed by atoms with van der Waals surface area (Å²) in [7, 11) is 0. The van der Waals surface area contributed by atoms with Crippen molar-refractivity contribution in [2.45, 2.75) is 56.2 Å². The van der Waals surface area contributed by atoms with E-state index in [1.807, 2.05) is 24.0 Å². The third-order valence-corrected chi connectivity index (χ3v) is 8.11. The number of thioether (sulfide) groups is 1. The fraction of sp³-hybridized carbons (Fsp3) is 0.323. The first-order valence-corrected chi connectivity index (χ1v) is 13.5. The molecule has 5 rings (SSSR count). The summed E-state index contributed by atoms with van der Waals surface area (Å²) in [5.41, 5.74) is 8.19. The van der Waals surface area contributed by atoms with Gasteiger partial charge >= 0.3 is 0 Å². The number of hydrogen-bond donors (Lipinski definition) is 1. The Balaban J connectivity index is 1.21. The van der Waals surface area contributed by atoms with E-state index in [2.05, 4.69) is 97.8 Å². The van der Waals surface area contributed by atoms with E-state index in [0.29, 0.717) is 17.9 Å². The van der Waals surface area contributed by atoms with Crippen LogP contribution in [0.5, 0.6) is 0 Å². The minimum Gasteiger partial charge on any atom is -0.309 e. The summed E-state index contributed by atoms with van der Waals surface area (Å²) in [6.07, 6.45) is 4.20. The Kier molecular flexibility index (Phi) is 7.03. The van der Waals surface area contributed by atoms with Crippen LogP contribution in [-0.2, 0) is 18.6 Å². The monoisotopic (exact) mass is 466 g/mol. The van der Waals surface area contributed by atoms with Gasteiger partial charge in [-0.2, -0.15) is 0 Å². The summed E-state index contributed by atoms with van der Waals surface area (Å²) >= 11 is 1.93. The Morgan fingerprint density at radius 3 is 2.56 bits per heavy atom. The molecule has 174 valence electrons. The van der Waals surface area contributed by atoms with E-state index in [-0.39, 0.29) is 0 Å². The molecule has 1 N–H and O–H groups in total. The highest BCUT2D eigenvalue weighted by atomic mass is 32.2. The van der Waals surface area contributed by atoms with Crippen LogP contribution in [0.15, 0.2) is 83.9 Å². The summed E-state index contributed by atoms with van der Waals surface area (Å²) in [6, 6.07) is 27.4. The first kappa shape index (κ1) is 23.1. The Bertz CT molecular complexity index is 1260. The van der Waals surface area contributed by atoms with Crippen LogP contribution in [0.4, 0.5) is 0 Å². The van der Waals surface area contributed by atoms with Crippen molar-refractivity contribution in [1.29, 1.82) is 0 Å². The van der Waals surface area contributed by atoms with Gasteiger partial charge in [0.15, 0.2) is 0 Å². The maximum absolute atomic E-state index is 4.64. The highest BCUT2D eigenvalue weighted by Crippen LogP contribution is 2.32. The van der Waals surface area contributed by atoms with Gasteiger partial charge in [0.05, 0.1) is 5.52 Å². The van der Waals surface area contributed by atoms with Gasteiger partial charge in [-0.1, -0.05) is 69.3 Å². The third-order valence-electron chi connectivity index (χ3n) is 7.02. The lowest BCUT2D eigenvalue weighted by Crippen LogP contribution is -2.33. The Morgan fingerprint density at radius 2 is 1.74 bits per heavy atom. The minimum atomic E-state index is 0.439. The molecule has 0 fully saturated rings. The van der Waals surface area contributed by atoms with Gasteiger partial charge in [0.2, 0.25) is 0 Å². The smallest absolute Gasteiger partial charge is 0.0702 e. The standard InChI is InChI=1S/C31H34N2S/c1-21(2)31-29-17-24(8-11-25(29)14-15-32-31)20-34-28-12-9-23(10-13-28)16-22(3)27-18-26-6-4-5-7-30(26)33-19-27/h4-13,17-19,21-22,31-32H,14-16,20H2,1-3H3. The lowest BCUT2D eigenvalue weighted by molar-refractivity contribution is 0.395. The summed E-state index contributed by atoms with van der Waals surface area (Å²) in [4.78, 5) is 5.98. The fourth-order valence-electron chi connectivity index (χ4n) is 5.04. The average molecular weight is 467 g/mol. The van der Waals surface area contributed by atoms with Crippen molar-refractivity contribution in [3.63, 3.8) is 0 Å². The van der Waals surface area contributed by atoms with E-state index in [4.69, 9.17) is 0 Å². The molecule has 0 radical (unpaired) electrons. The molecule has 1 aliphatic heterocycles. The normalized spacial score (nSPS) is 16.5. The van der Waals surface area contributed by atoms with E-state index < -0.39 is 0 Å². The number of aromatic nitrogens is 1. The molecule has 2 heterocycles. The van der Waals surface area contributed by atoms with Crippen molar-refractivity contribution in [2.75, 3.05) is 6.54 Å². The van der Waals surface area contributed by atoms with Crippen molar-refractivity contribution < 1.29 is 0 Å².